The second-order valence-electron chi connectivity index (χ2n) is 2.16. The summed E-state index contributed by atoms with van der Waals surface area (Å²) in [5.41, 5.74) is 0.0925. The molecule has 12 heavy (non-hydrogen) atoms. The lowest BCUT2D eigenvalue weighted by Crippen LogP contribution is -1.98. The van der Waals surface area contributed by atoms with E-state index in [0.717, 1.165) is 11.3 Å². The largest absolute Gasteiger partial charge is 0.477 e. The Morgan fingerprint density at radius 3 is 2.67 bits per heavy atom. The zero-order valence-corrected chi connectivity index (χ0v) is 6.92. The number of carbonyl (C=O) groups is 1. The standard InChI is InChI=1S/C6H5NO4S/c1-3-2-12-5(6(8)9)4(3)7(10)11/h2H,1H3,(H,8,9). The Hall–Kier alpha value is -1.43. The predicted molar refractivity (Wildman–Crippen MR) is 42.7 cm³/mol. The lowest BCUT2D eigenvalue weighted by Gasteiger charge is -1.89. The zero-order chi connectivity index (χ0) is 9.30. The maximum Gasteiger partial charge on any atom is 0.353 e. The fourth-order valence-electron chi connectivity index (χ4n) is 0.817. The van der Waals surface area contributed by atoms with Crippen molar-refractivity contribution in [3.05, 3.63) is 25.9 Å². The maximum atomic E-state index is 10.4. The summed E-state index contributed by atoms with van der Waals surface area (Å²) in [5, 5.41) is 20.4. The molecule has 0 unspecified atom stereocenters. The summed E-state index contributed by atoms with van der Waals surface area (Å²) in [6, 6.07) is 0. The van der Waals surface area contributed by atoms with Crippen LogP contribution in [0.4, 0.5) is 5.69 Å². The second kappa shape index (κ2) is 2.90. The van der Waals surface area contributed by atoms with Crippen LogP contribution >= 0.6 is 11.3 Å². The maximum absolute atomic E-state index is 10.4. The van der Waals surface area contributed by atoms with Crippen LogP contribution in [0.2, 0.25) is 0 Å². The highest BCUT2D eigenvalue weighted by Crippen LogP contribution is 2.29. The minimum atomic E-state index is -1.25. The van der Waals surface area contributed by atoms with Crippen molar-refractivity contribution in [2.24, 2.45) is 0 Å². The van der Waals surface area contributed by atoms with Crippen molar-refractivity contribution < 1.29 is 14.8 Å². The highest BCUT2D eigenvalue weighted by molar-refractivity contribution is 7.12. The third-order valence-electron chi connectivity index (χ3n) is 1.32. The van der Waals surface area contributed by atoms with Crippen molar-refractivity contribution in [2.75, 3.05) is 0 Å². The fraction of sp³-hybridized carbons (Fsp3) is 0.167. The number of hydrogen-bond donors (Lipinski definition) is 1. The average molecular weight is 187 g/mol. The minimum Gasteiger partial charge on any atom is -0.477 e. The van der Waals surface area contributed by atoms with Gasteiger partial charge < -0.3 is 5.11 Å². The van der Waals surface area contributed by atoms with E-state index in [1.165, 1.54) is 12.3 Å². The minimum absolute atomic E-state index is 0.211. The Labute approximate surface area is 71.4 Å². The number of carboxylic acids is 1. The van der Waals surface area contributed by atoms with Crippen LogP contribution in [0.25, 0.3) is 0 Å². The van der Waals surface area contributed by atoms with Crippen LogP contribution in [0.15, 0.2) is 5.38 Å². The van der Waals surface area contributed by atoms with Crippen molar-refractivity contribution in [3.8, 4) is 0 Å². The van der Waals surface area contributed by atoms with Gasteiger partial charge >= 0.3 is 5.97 Å². The van der Waals surface area contributed by atoms with Gasteiger partial charge in [-0.3, -0.25) is 10.1 Å². The van der Waals surface area contributed by atoms with Gasteiger partial charge in [-0.2, -0.15) is 0 Å². The van der Waals surface area contributed by atoms with Gasteiger partial charge in [-0.15, -0.1) is 11.3 Å². The normalized spacial score (nSPS) is 9.75. The summed E-state index contributed by atoms with van der Waals surface area (Å²) in [6.07, 6.45) is 0. The number of carboxylic acid groups (broad SMARTS) is 1. The van der Waals surface area contributed by atoms with E-state index >= 15 is 0 Å². The highest BCUT2D eigenvalue weighted by atomic mass is 32.1. The van der Waals surface area contributed by atoms with Gasteiger partial charge in [0.2, 0.25) is 0 Å². The van der Waals surface area contributed by atoms with Crippen molar-refractivity contribution >= 4 is 23.0 Å². The molecule has 5 nitrogen and oxygen atoms in total. The topological polar surface area (TPSA) is 80.4 Å². The Bertz CT molecular complexity index is 343. The van der Waals surface area contributed by atoms with Gasteiger partial charge in [0.25, 0.3) is 5.69 Å². The Morgan fingerprint density at radius 1 is 1.75 bits per heavy atom. The van der Waals surface area contributed by atoms with Crippen LogP contribution in [0.1, 0.15) is 15.2 Å². The van der Waals surface area contributed by atoms with E-state index in [0.29, 0.717) is 5.56 Å². The molecule has 0 aromatic carbocycles. The first-order valence-electron chi connectivity index (χ1n) is 2.99. The SMILES string of the molecule is Cc1csc(C(=O)O)c1[N+](=O)[O-]. The van der Waals surface area contributed by atoms with Gasteiger partial charge in [0, 0.05) is 10.9 Å². The van der Waals surface area contributed by atoms with E-state index in [1.54, 1.807) is 0 Å². The van der Waals surface area contributed by atoms with Crippen LogP contribution in [-0.2, 0) is 0 Å². The molecule has 1 rings (SSSR count). The van der Waals surface area contributed by atoms with Crippen LogP contribution in [0.5, 0.6) is 0 Å². The molecule has 0 radical (unpaired) electrons. The highest BCUT2D eigenvalue weighted by Gasteiger charge is 2.24. The number of nitrogens with zero attached hydrogens (tertiary/aromatic N) is 1. The molecule has 0 saturated carbocycles. The van der Waals surface area contributed by atoms with Gasteiger partial charge in [0.05, 0.1) is 4.92 Å². The van der Waals surface area contributed by atoms with E-state index < -0.39 is 10.9 Å². The lowest BCUT2D eigenvalue weighted by atomic mass is 10.3. The quantitative estimate of drug-likeness (QED) is 0.564. The van der Waals surface area contributed by atoms with Crippen molar-refractivity contribution in [3.63, 3.8) is 0 Å². The molecule has 0 bridgehead atoms. The molecule has 1 aromatic rings. The molecule has 0 aliphatic rings. The third kappa shape index (κ3) is 1.28. The molecule has 0 saturated heterocycles. The summed E-state index contributed by atoms with van der Waals surface area (Å²) >= 11 is 0.871. The molecule has 0 aliphatic heterocycles. The van der Waals surface area contributed by atoms with Crippen LogP contribution in [-0.4, -0.2) is 16.0 Å². The van der Waals surface area contributed by atoms with Crippen molar-refractivity contribution in [1.29, 1.82) is 0 Å². The number of aryl methyl sites for hydroxylation is 1. The van der Waals surface area contributed by atoms with E-state index in [2.05, 4.69) is 0 Å². The molecule has 64 valence electrons. The van der Waals surface area contributed by atoms with Gasteiger partial charge in [-0.05, 0) is 6.92 Å². The van der Waals surface area contributed by atoms with Gasteiger partial charge in [0.1, 0.15) is 0 Å². The molecule has 0 atom stereocenters. The Balaban J connectivity index is 3.31. The predicted octanol–water partition coefficient (Wildman–Crippen LogP) is 1.66. The summed E-state index contributed by atoms with van der Waals surface area (Å²) in [4.78, 5) is 19.9. The molecule has 0 amide bonds. The first kappa shape index (κ1) is 8.66. The van der Waals surface area contributed by atoms with Gasteiger partial charge in [-0.25, -0.2) is 4.79 Å². The Morgan fingerprint density at radius 2 is 2.33 bits per heavy atom. The van der Waals surface area contributed by atoms with Gasteiger partial charge in [-0.1, -0.05) is 0 Å². The molecule has 0 aliphatic carbocycles. The second-order valence-corrected chi connectivity index (χ2v) is 3.04. The number of hydrogen-bond acceptors (Lipinski definition) is 4. The molecular weight excluding hydrogens is 182 g/mol. The first-order chi connectivity index (χ1) is 5.54. The van der Waals surface area contributed by atoms with E-state index in [4.69, 9.17) is 5.11 Å². The number of rotatable bonds is 2. The van der Waals surface area contributed by atoms with E-state index in [-0.39, 0.29) is 10.6 Å². The van der Waals surface area contributed by atoms with Crippen molar-refractivity contribution in [1.82, 2.24) is 0 Å². The molecule has 1 N–H and O–H groups in total. The molecule has 0 fully saturated rings. The van der Waals surface area contributed by atoms with Crippen LogP contribution in [0.3, 0.4) is 0 Å². The molecule has 6 heteroatoms. The number of thiophene rings is 1. The Kier molecular flexibility index (Phi) is 2.09. The van der Waals surface area contributed by atoms with E-state index in [9.17, 15) is 14.9 Å². The number of nitro groups is 1. The third-order valence-corrected chi connectivity index (χ3v) is 2.39. The summed E-state index contributed by atoms with van der Waals surface area (Å²) in [5.74, 6) is -1.25. The first-order valence-corrected chi connectivity index (χ1v) is 3.87. The molecule has 0 spiro atoms. The fourth-order valence-corrected chi connectivity index (χ4v) is 1.67. The van der Waals surface area contributed by atoms with E-state index in [1.807, 2.05) is 0 Å². The summed E-state index contributed by atoms with van der Waals surface area (Å²) in [6.45, 7) is 1.51. The summed E-state index contributed by atoms with van der Waals surface area (Å²) in [7, 11) is 0. The molecule has 1 aromatic heterocycles. The van der Waals surface area contributed by atoms with Crippen molar-refractivity contribution in [2.45, 2.75) is 6.92 Å². The van der Waals surface area contributed by atoms with Crippen LogP contribution in [0, 0.1) is 17.0 Å². The smallest absolute Gasteiger partial charge is 0.353 e. The number of aromatic carboxylic acids is 1. The molecule has 1 heterocycles. The van der Waals surface area contributed by atoms with Crippen LogP contribution < -0.4 is 0 Å². The summed E-state index contributed by atoms with van der Waals surface area (Å²) < 4.78 is 0. The monoisotopic (exact) mass is 187 g/mol. The molecular formula is C6H5NO4S. The van der Waals surface area contributed by atoms with Gasteiger partial charge in [0.15, 0.2) is 4.88 Å². The lowest BCUT2D eigenvalue weighted by molar-refractivity contribution is -0.385. The average Bonchev–Trinajstić information content (AvgIpc) is 2.30. The zero-order valence-electron chi connectivity index (χ0n) is 6.10.